The first kappa shape index (κ1) is 22.4. The van der Waals surface area contributed by atoms with Gasteiger partial charge in [0.25, 0.3) is 5.95 Å². The topological polar surface area (TPSA) is 98.1 Å². The van der Waals surface area contributed by atoms with Gasteiger partial charge in [-0.2, -0.15) is 5.10 Å². The molecule has 1 saturated heterocycles. The minimum Gasteiger partial charge on any atom is -0.338 e. The molecule has 1 amide bonds. The third-order valence-corrected chi connectivity index (χ3v) is 7.40. The van der Waals surface area contributed by atoms with Crippen molar-refractivity contribution < 1.29 is 13.2 Å². The number of carbonyl (C=O) groups is 1. The van der Waals surface area contributed by atoms with E-state index < -0.39 is 9.84 Å². The minimum absolute atomic E-state index is 0.0439. The van der Waals surface area contributed by atoms with Crippen LogP contribution < -0.4 is 0 Å². The minimum atomic E-state index is -3.06. The van der Waals surface area contributed by atoms with Crippen molar-refractivity contribution in [3.8, 4) is 5.95 Å². The summed E-state index contributed by atoms with van der Waals surface area (Å²) in [5.74, 6) is 0.679. The maximum absolute atomic E-state index is 13.2. The molecule has 9 heteroatoms. The summed E-state index contributed by atoms with van der Waals surface area (Å²) in [4.78, 5) is 24.0. The SMILES string of the molecule is CCCCN(C(=O)Cc1c(C)nn(-c2nc(C)cc(C)n2)c1C)C1CCS(=O)(=O)C1. The zero-order chi connectivity index (χ0) is 22.1. The fourth-order valence-corrected chi connectivity index (χ4v) is 5.77. The molecule has 1 fully saturated rings. The molecule has 0 spiro atoms. The number of hydrogen-bond acceptors (Lipinski definition) is 6. The Morgan fingerprint density at radius 3 is 2.43 bits per heavy atom. The second kappa shape index (κ2) is 8.83. The molecule has 1 atom stereocenters. The highest BCUT2D eigenvalue weighted by Crippen LogP contribution is 2.22. The monoisotopic (exact) mass is 433 g/mol. The summed E-state index contributed by atoms with van der Waals surface area (Å²) < 4.78 is 25.6. The predicted octanol–water partition coefficient (Wildman–Crippen LogP) is 2.25. The van der Waals surface area contributed by atoms with Crippen LogP contribution in [0.15, 0.2) is 6.07 Å². The largest absolute Gasteiger partial charge is 0.338 e. The maximum Gasteiger partial charge on any atom is 0.251 e. The Morgan fingerprint density at radius 1 is 1.20 bits per heavy atom. The van der Waals surface area contributed by atoms with Crippen LogP contribution in [-0.4, -0.2) is 63.1 Å². The standard InChI is InChI=1S/C21H31N5O3S/c1-6-7-9-25(18-8-10-30(28,29)13-18)20(27)12-19-16(4)24-26(17(19)5)21-22-14(2)11-15(3)23-21/h11,18H,6-10,12-13H2,1-5H3. The third kappa shape index (κ3) is 4.88. The summed E-state index contributed by atoms with van der Waals surface area (Å²) in [6.45, 7) is 10.3. The number of unbranched alkanes of at least 4 members (excludes halogenated alkanes) is 1. The Morgan fingerprint density at radius 2 is 1.87 bits per heavy atom. The van der Waals surface area contributed by atoms with Crippen LogP contribution in [0.25, 0.3) is 5.95 Å². The number of aromatic nitrogens is 4. The van der Waals surface area contributed by atoms with Crippen LogP contribution in [0.4, 0.5) is 0 Å². The van der Waals surface area contributed by atoms with Crippen molar-refractivity contribution in [1.82, 2.24) is 24.6 Å². The normalized spacial score (nSPS) is 18.0. The molecule has 8 nitrogen and oxygen atoms in total. The summed E-state index contributed by atoms with van der Waals surface area (Å²) >= 11 is 0. The summed E-state index contributed by atoms with van der Waals surface area (Å²) in [5.41, 5.74) is 4.16. The van der Waals surface area contributed by atoms with Crippen LogP contribution in [-0.2, 0) is 21.1 Å². The highest BCUT2D eigenvalue weighted by molar-refractivity contribution is 7.91. The summed E-state index contributed by atoms with van der Waals surface area (Å²) in [5, 5.41) is 4.58. The van der Waals surface area contributed by atoms with E-state index >= 15 is 0 Å². The van der Waals surface area contributed by atoms with Gasteiger partial charge in [0.1, 0.15) is 0 Å². The molecule has 3 heterocycles. The number of amides is 1. The van der Waals surface area contributed by atoms with Crippen molar-refractivity contribution in [1.29, 1.82) is 0 Å². The van der Waals surface area contributed by atoms with E-state index in [-0.39, 0.29) is 29.9 Å². The Balaban J connectivity index is 1.86. The van der Waals surface area contributed by atoms with Gasteiger partial charge in [-0.25, -0.2) is 23.1 Å². The lowest BCUT2D eigenvalue weighted by Crippen LogP contribution is -2.42. The quantitative estimate of drug-likeness (QED) is 0.664. The first-order chi connectivity index (χ1) is 14.1. The van der Waals surface area contributed by atoms with Crippen molar-refractivity contribution in [2.24, 2.45) is 0 Å². The van der Waals surface area contributed by atoms with Crippen LogP contribution in [0, 0.1) is 27.7 Å². The number of rotatable bonds is 7. The second-order valence-electron chi connectivity index (χ2n) is 8.19. The predicted molar refractivity (Wildman–Crippen MR) is 115 cm³/mol. The zero-order valence-corrected chi connectivity index (χ0v) is 19.3. The molecule has 0 saturated carbocycles. The lowest BCUT2D eigenvalue weighted by Gasteiger charge is -2.28. The molecule has 1 unspecified atom stereocenters. The summed E-state index contributed by atoms with van der Waals surface area (Å²) in [6.07, 6.45) is 2.52. The van der Waals surface area contributed by atoms with Crippen LogP contribution >= 0.6 is 0 Å². The van der Waals surface area contributed by atoms with Gasteiger partial charge >= 0.3 is 0 Å². The van der Waals surface area contributed by atoms with E-state index in [0.29, 0.717) is 18.9 Å². The second-order valence-corrected chi connectivity index (χ2v) is 10.4. The fourth-order valence-electron chi connectivity index (χ4n) is 4.04. The molecule has 0 N–H and O–H groups in total. The molecule has 3 rings (SSSR count). The molecule has 0 bridgehead atoms. The van der Waals surface area contributed by atoms with E-state index in [4.69, 9.17) is 0 Å². The molecule has 2 aromatic rings. The van der Waals surface area contributed by atoms with Gasteiger partial charge in [0.05, 0.1) is 23.6 Å². The van der Waals surface area contributed by atoms with Crippen LogP contribution in [0.2, 0.25) is 0 Å². The van der Waals surface area contributed by atoms with E-state index in [0.717, 1.165) is 41.2 Å². The van der Waals surface area contributed by atoms with Gasteiger partial charge < -0.3 is 4.90 Å². The average molecular weight is 434 g/mol. The maximum atomic E-state index is 13.2. The molecule has 0 aromatic carbocycles. The van der Waals surface area contributed by atoms with Crippen LogP contribution in [0.1, 0.15) is 54.5 Å². The van der Waals surface area contributed by atoms with Gasteiger partial charge in [0.15, 0.2) is 9.84 Å². The van der Waals surface area contributed by atoms with E-state index in [1.807, 2.05) is 33.8 Å². The highest BCUT2D eigenvalue weighted by Gasteiger charge is 2.34. The lowest BCUT2D eigenvalue weighted by molar-refractivity contribution is -0.132. The Kier molecular flexibility index (Phi) is 6.59. The van der Waals surface area contributed by atoms with Gasteiger partial charge in [-0.15, -0.1) is 0 Å². The Hall–Kier alpha value is -2.29. The molecular weight excluding hydrogens is 402 g/mol. The van der Waals surface area contributed by atoms with E-state index in [9.17, 15) is 13.2 Å². The fraction of sp³-hybridized carbons (Fsp3) is 0.619. The van der Waals surface area contributed by atoms with Crippen molar-refractivity contribution in [3.63, 3.8) is 0 Å². The molecule has 30 heavy (non-hydrogen) atoms. The molecule has 1 aliphatic heterocycles. The van der Waals surface area contributed by atoms with Crippen molar-refractivity contribution in [3.05, 3.63) is 34.4 Å². The van der Waals surface area contributed by atoms with Gasteiger partial charge in [0.2, 0.25) is 5.91 Å². The molecule has 1 aliphatic rings. The third-order valence-electron chi connectivity index (χ3n) is 5.65. The van der Waals surface area contributed by atoms with Crippen LogP contribution in [0.3, 0.4) is 0 Å². The molecule has 164 valence electrons. The van der Waals surface area contributed by atoms with E-state index in [1.54, 1.807) is 9.58 Å². The average Bonchev–Trinajstić information content (AvgIpc) is 3.15. The Bertz CT molecular complexity index is 1020. The first-order valence-corrected chi connectivity index (χ1v) is 12.3. The number of hydrogen-bond donors (Lipinski definition) is 0. The van der Waals surface area contributed by atoms with E-state index in [1.165, 1.54) is 0 Å². The van der Waals surface area contributed by atoms with Crippen molar-refractivity contribution >= 4 is 15.7 Å². The molecule has 2 aromatic heterocycles. The first-order valence-electron chi connectivity index (χ1n) is 10.5. The highest BCUT2D eigenvalue weighted by atomic mass is 32.2. The summed E-state index contributed by atoms with van der Waals surface area (Å²) in [7, 11) is -3.06. The molecular formula is C21H31N5O3S. The lowest BCUT2D eigenvalue weighted by atomic mass is 10.1. The number of sulfone groups is 1. The Labute approximate surface area is 178 Å². The van der Waals surface area contributed by atoms with Gasteiger partial charge in [-0.05, 0) is 46.6 Å². The molecule has 0 radical (unpaired) electrons. The van der Waals surface area contributed by atoms with Gasteiger partial charge in [0, 0.05) is 35.2 Å². The van der Waals surface area contributed by atoms with E-state index in [2.05, 4.69) is 22.0 Å². The molecule has 0 aliphatic carbocycles. The van der Waals surface area contributed by atoms with Crippen molar-refractivity contribution in [2.45, 2.75) is 66.3 Å². The zero-order valence-electron chi connectivity index (χ0n) is 18.5. The van der Waals surface area contributed by atoms with Crippen LogP contribution in [0.5, 0.6) is 0 Å². The smallest absolute Gasteiger partial charge is 0.251 e. The van der Waals surface area contributed by atoms with Gasteiger partial charge in [-0.3, -0.25) is 4.79 Å². The summed E-state index contributed by atoms with van der Waals surface area (Å²) in [6, 6.07) is 1.67. The number of nitrogens with zero attached hydrogens (tertiary/aromatic N) is 5. The number of carbonyl (C=O) groups excluding carboxylic acids is 1. The number of aryl methyl sites for hydroxylation is 3. The van der Waals surface area contributed by atoms with Crippen molar-refractivity contribution in [2.75, 3.05) is 18.1 Å². The van der Waals surface area contributed by atoms with Gasteiger partial charge in [-0.1, -0.05) is 13.3 Å².